The van der Waals surface area contributed by atoms with Crippen LogP contribution in [0, 0.1) is 31.3 Å². The highest BCUT2D eigenvalue weighted by Gasteiger charge is 2.18. The molecule has 94 valence electrons. The van der Waals surface area contributed by atoms with E-state index in [4.69, 9.17) is 11.6 Å². The lowest BCUT2D eigenvalue weighted by Gasteiger charge is -2.09. The zero-order chi connectivity index (χ0) is 13.4. The predicted octanol–water partition coefficient (Wildman–Crippen LogP) is 3.83. The first-order chi connectivity index (χ1) is 8.41. The lowest BCUT2D eigenvalue weighted by Crippen LogP contribution is -2.00. The Bertz CT molecular complexity index is 629. The van der Waals surface area contributed by atoms with Crippen LogP contribution in [0.5, 0.6) is 0 Å². The minimum absolute atomic E-state index is 0.140. The van der Waals surface area contributed by atoms with Crippen LogP contribution in [0.15, 0.2) is 12.1 Å². The molecule has 1 aromatic heterocycles. The zero-order valence-electron chi connectivity index (χ0n) is 9.56. The number of aryl methyl sites for hydroxylation is 1. The molecule has 0 aliphatic carbocycles. The SMILES string of the molecule is Cc1nc(Cl)c(C)c(-c2ccc(F)c(F)c2F)n1. The highest BCUT2D eigenvalue weighted by Crippen LogP contribution is 2.29. The van der Waals surface area contributed by atoms with E-state index in [0.29, 0.717) is 11.4 Å². The molecule has 0 radical (unpaired) electrons. The zero-order valence-corrected chi connectivity index (χ0v) is 10.3. The summed E-state index contributed by atoms with van der Waals surface area (Å²) in [6.07, 6.45) is 0. The molecule has 0 aliphatic rings. The second-order valence-corrected chi connectivity index (χ2v) is 4.12. The van der Waals surface area contributed by atoms with Gasteiger partial charge in [-0.1, -0.05) is 11.6 Å². The van der Waals surface area contributed by atoms with Crippen molar-refractivity contribution in [2.75, 3.05) is 0 Å². The van der Waals surface area contributed by atoms with Gasteiger partial charge in [0.1, 0.15) is 11.0 Å². The molecule has 6 heteroatoms. The van der Waals surface area contributed by atoms with Crippen LogP contribution < -0.4 is 0 Å². The number of aromatic nitrogens is 2. The van der Waals surface area contributed by atoms with Gasteiger partial charge in [-0.3, -0.25) is 0 Å². The molecule has 0 unspecified atom stereocenters. The van der Waals surface area contributed by atoms with Crippen LogP contribution in [0.2, 0.25) is 5.15 Å². The van der Waals surface area contributed by atoms with E-state index < -0.39 is 17.5 Å². The molecule has 0 bridgehead atoms. The van der Waals surface area contributed by atoms with Gasteiger partial charge in [-0.15, -0.1) is 0 Å². The maximum Gasteiger partial charge on any atom is 0.195 e. The molecule has 2 nitrogen and oxygen atoms in total. The first-order valence-electron chi connectivity index (χ1n) is 5.06. The van der Waals surface area contributed by atoms with Crippen molar-refractivity contribution in [2.24, 2.45) is 0 Å². The van der Waals surface area contributed by atoms with Gasteiger partial charge in [-0.25, -0.2) is 23.1 Å². The molecule has 0 fully saturated rings. The van der Waals surface area contributed by atoms with Crippen molar-refractivity contribution in [3.63, 3.8) is 0 Å². The number of halogens is 4. The molecular formula is C12H8ClF3N2. The van der Waals surface area contributed by atoms with Gasteiger partial charge in [0.2, 0.25) is 0 Å². The largest absolute Gasteiger partial charge is 0.233 e. The summed E-state index contributed by atoms with van der Waals surface area (Å²) >= 11 is 5.85. The minimum Gasteiger partial charge on any atom is -0.233 e. The highest BCUT2D eigenvalue weighted by atomic mass is 35.5. The normalized spacial score (nSPS) is 10.8. The van der Waals surface area contributed by atoms with E-state index in [9.17, 15) is 13.2 Å². The van der Waals surface area contributed by atoms with Crippen molar-refractivity contribution in [3.8, 4) is 11.3 Å². The average molecular weight is 273 g/mol. The number of rotatable bonds is 1. The molecule has 2 rings (SSSR count). The first kappa shape index (κ1) is 12.8. The van der Waals surface area contributed by atoms with Crippen LogP contribution in [0.25, 0.3) is 11.3 Å². The summed E-state index contributed by atoms with van der Waals surface area (Å²) in [5.74, 6) is -3.73. The van der Waals surface area contributed by atoms with E-state index in [1.165, 1.54) is 0 Å². The Morgan fingerprint density at radius 2 is 1.67 bits per heavy atom. The summed E-state index contributed by atoms with van der Waals surface area (Å²) in [5, 5.41) is 0.154. The topological polar surface area (TPSA) is 25.8 Å². The molecule has 0 spiro atoms. The second-order valence-electron chi connectivity index (χ2n) is 3.76. The van der Waals surface area contributed by atoms with E-state index in [2.05, 4.69) is 9.97 Å². The summed E-state index contributed by atoms with van der Waals surface area (Å²) in [7, 11) is 0. The standard InChI is InChI=1S/C12H8ClF3N2/c1-5-11(17-6(2)18-12(5)13)7-3-4-8(14)10(16)9(7)15/h3-4H,1-2H3. The maximum absolute atomic E-state index is 13.7. The Morgan fingerprint density at radius 1 is 1.00 bits per heavy atom. The Kier molecular flexibility index (Phi) is 3.26. The quantitative estimate of drug-likeness (QED) is 0.582. The Labute approximate surface area is 106 Å². The Morgan fingerprint density at radius 3 is 2.33 bits per heavy atom. The minimum atomic E-state index is -1.53. The smallest absolute Gasteiger partial charge is 0.195 e. The highest BCUT2D eigenvalue weighted by molar-refractivity contribution is 6.30. The van der Waals surface area contributed by atoms with Gasteiger partial charge in [0, 0.05) is 11.1 Å². The molecular weight excluding hydrogens is 265 g/mol. The van der Waals surface area contributed by atoms with E-state index >= 15 is 0 Å². The summed E-state index contributed by atoms with van der Waals surface area (Å²) in [4.78, 5) is 7.90. The molecule has 0 aliphatic heterocycles. The lowest BCUT2D eigenvalue weighted by atomic mass is 10.1. The van der Waals surface area contributed by atoms with E-state index in [1.807, 2.05) is 0 Å². The molecule has 1 heterocycles. The van der Waals surface area contributed by atoms with E-state index in [1.54, 1.807) is 13.8 Å². The second kappa shape index (κ2) is 4.57. The molecule has 18 heavy (non-hydrogen) atoms. The third-order valence-corrected chi connectivity index (χ3v) is 2.86. The van der Waals surface area contributed by atoms with Crippen molar-refractivity contribution in [1.82, 2.24) is 9.97 Å². The fraction of sp³-hybridized carbons (Fsp3) is 0.167. The van der Waals surface area contributed by atoms with Crippen LogP contribution >= 0.6 is 11.6 Å². The lowest BCUT2D eigenvalue weighted by molar-refractivity contribution is 0.448. The summed E-state index contributed by atoms with van der Waals surface area (Å²) in [6.45, 7) is 3.16. The fourth-order valence-corrected chi connectivity index (χ4v) is 1.78. The fourth-order valence-electron chi connectivity index (χ4n) is 1.57. The number of nitrogens with zero attached hydrogens (tertiary/aromatic N) is 2. The van der Waals surface area contributed by atoms with Crippen LogP contribution in [0.3, 0.4) is 0 Å². The van der Waals surface area contributed by atoms with Crippen molar-refractivity contribution >= 4 is 11.6 Å². The van der Waals surface area contributed by atoms with Gasteiger partial charge in [-0.2, -0.15) is 0 Å². The molecule has 2 aromatic rings. The van der Waals surface area contributed by atoms with Gasteiger partial charge >= 0.3 is 0 Å². The molecule has 0 amide bonds. The predicted molar refractivity (Wildman–Crippen MR) is 61.8 cm³/mol. The third kappa shape index (κ3) is 2.06. The van der Waals surface area contributed by atoms with Crippen molar-refractivity contribution in [3.05, 3.63) is 46.1 Å². The summed E-state index contributed by atoms with van der Waals surface area (Å²) in [5.41, 5.74) is 0.426. The number of hydrogen-bond donors (Lipinski definition) is 0. The average Bonchev–Trinajstić information content (AvgIpc) is 2.31. The van der Waals surface area contributed by atoms with Crippen LogP contribution in [-0.4, -0.2) is 9.97 Å². The molecule has 0 saturated carbocycles. The maximum atomic E-state index is 13.7. The van der Waals surface area contributed by atoms with Gasteiger partial charge in [-0.05, 0) is 26.0 Å². The summed E-state index contributed by atoms with van der Waals surface area (Å²) < 4.78 is 39.7. The Balaban J connectivity index is 2.74. The van der Waals surface area contributed by atoms with Gasteiger partial charge < -0.3 is 0 Å². The third-order valence-electron chi connectivity index (χ3n) is 2.49. The van der Waals surface area contributed by atoms with Gasteiger partial charge in [0.15, 0.2) is 17.5 Å². The molecule has 0 saturated heterocycles. The van der Waals surface area contributed by atoms with E-state index in [-0.39, 0.29) is 16.4 Å². The van der Waals surface area contributed by atoms with Gasteiger partial charge in [0.05, 0.1) is 5.69 Å². The van der Waals surface area contributed by atoms with E-state index in [0.717, 1.165) is 12.1 Å². The van der Waals surface area contributed by atoms with Crippen LogP contribution in [0.1, 0.15) is 11.4 Å². The van der Waals surface area contributed by atoms with Crippen LogP contribution in [0.4, 0.5) is 13.2 Å². The van der Waals surface area contributed by atoms with Crippen LogP contribution in [-0.2, 0) is 0 Å². The monoisotopic (exact) mass is 272 g/mol. The number of benzene rings is 1. The molecule has 1 aromatic carbocycles. The van der Waals surface area contributed by atoms with Crippen molar-refractivity contribution in [1.29, 1.82) is 0 Å². The summed E-state index contributed by atoms with van der Waals surface area (Å²) in [6, 6.07) is 1.97. The number of hydrogen-bond acceptors (Lipinski definition) is 2. The van der Waals surface area contributed by atoms with Crippen molar-refractivity contribution < 1.29 is 13.2 Å². The Hall–Kier alpha value is -1.62. The van der Waals surface area contributed by atoms with Crippen molar-refractivity contribution in [2.45, 2.75) is 13.8 Å². The van der Waals surface area contributed by atoms with Gasteiger partial charge in [0.25, 0.3) is 0 Å². The molecule has 0 N–H and O–H groups in total. The molecule has 0 atom stereocenters. The first-order valence-corrected chi connectivity index (χ1v) is 5.44.